The summed E-state index contributed by atoms with van der Waals surface area (Å²) in [5.74, 6) is -2.19. The summed E-state index contributed by atoms with van der Waals surface area (Å²) >= 11 is 0. The Balaban J connectivity index is 1.81. The van der Waals surface area contributed by atoms with Crippen LogP contribution in [0.4, 0.5) is 8.78 Å². The molecule has 2 aliphatic heterocycles. The van der Waals surface area contributed by atoms with E-state index in [1.165, 1.54) is 0 Å². The quantitative estimate of drug-likeness (QED) is 0.585. The normalized spacial score (nSPS) is 27.3. The van der Waals surface area contributed by atoms with Crippen molar-refractivity contribution in [2.45, 2.75) is 45.3 Å². The number of hydrogen-bond donors (Lipinski definition) is 1. The number of hydrogen-bond acceptors (Lipinski definition) is 3. The van der Waals surface area contributed by atoms with Crippen molar-refractivity contribution in [1.29, 1.82) is 0 Å². The van der Waals surface area contributed by atoms with Gasteiger partial charge in [0.1, 0.15) is 0 Å². The second-order valence-electron chi connectivity index (χ2n) is 7.41. The second-order valence-corrected chi connectivity index (χ2v) is 9.31. The number of nitrogens with one attached hydrogen (secondary N) is 1. The van der Waals surface area contributed by atoms with Gasteiger partial charge in [0, 0.05) is 39.8 Å². The monoisotopic (exact) mass is 380 g/mol. The number of aliphatic imine (C=N–C) groups is 1. The summed E-state index contributed by atoms with van der Waals surface area (Å²) in [6.07, 6.45) is 3.46. The van der Waals surface area contributed by atoms with Gasteiger partial charge in [-0.05, 0) is 37.0 Å². The van der Waals surface area contributed by atoms with Gasteiger partial charge in [-0.3, -0.25) is 4.99 Å². The molecule has 1 N–H and O–H groups in total. The van der Waals surface area contributed by atoms with Crippen molar-refractivity contribution < 1.29 is 17.2 Å². The predicted molar refractivity (Wildman–Crippen MR) is 95.2 cm³/mol. The minimum atomic E-state index is -4.44. The fraction of sp³-hybridized carbons (Fsp3) is 0.938. The number of alkyl halides is 2. The summed E-state index contributed by atoms with van der Waals surface area (Å²) in [6, 6.07) is 0. The van der Waals surface area contributed by atoms with Gasteiger partial charge >= 0.3 is 5.76 Å². The van der Waals surface area contributed by atoms with Crippen LogP contribution in [-0.4, -0.2) is 69.1 Å². The second kappa shape index (κ2) is 8.16. The van der Waals surface area contributed by atoms with E-state index in [1.54, 1.807) is 7.05 Å². The summed E-state index contributed by atoms with van der Waals surface area (Å²) in [7, 11) is -2.68. The fourth-order valence-corrected chi connectivity index (χ4v) is 4.49. The number of sulfonamides is 1. The number of nitrogens with zero attached hydrogens (tertiary/aromatic N) is 3. The van der Waals surface area contributed by atoms with Gasteiger partial charge in [0.05, 0.1) is 0 Å². The lowest BCUT2D eigenvalue weighted by Crippen LogP contribution is -2.46. The average Bonchev–Trinajstić information content (AvgIpc) is 2.99. The molecule has 0 radical (unpaired) electrons. The summed E-state index contributed by atoms with van der Waals surface area (Å²) in [5, 5.41) is 3.38. The average molecular weight is 381 g/mol. The van der Waals surface area contributed by atoms with Gasteiger partial charge in [-0.2, -0.15) is 13.1 Å². The molecule has 2 fully saturated rings. The molecule has 25 heavy (non-hydrogen) atoms. The van der Waals surface area contributed by atoms with E-state index in [-0.39, 0.29) is 19.0 Å². The van der Waals surface area contributed by atoms with Crippen LogP contribution in [-0.2, 0) is 10.0 Å². The molecular weight excluding hydrogens is 350 g/mol. The summed E-state index contributed by atoms with van der Waals surface area (Å²) in [4.78, 5) is 6.62. The molecule has 0 spiro atoms. The maximum absolute atomic E-state index is 12.6. The third-order valence-corrected chi connectivity index (χ3v) is 7.17. The molecule has 9 heteroatoms. The highest BCUT2D eigenvalue weighted by Gasteiger charge is 2.36. The standard InChI is InChI=1S/C16H30F2N4O2S/c1-4-16(2)7-10-21(12-16)15(19-3)20-11-13-5-8-22(9-6-13)25(23,24)14(17)18/h13-14H,4-12H2,1-3H3,(H,19,20). The van der Waals surface area contributed by atoms with E-state index in [4.69, 9.17) is 0 Å². The van der Waals surface area contributed by atoms with Crippen LogP contribution in [0.5, 0.6) is 0 Å². The molecule has 1 atom stereocenters. The predicted octanol–water partition coefficient (Wildman–Crippen LogP) is 1.95. The van der Waals surface area contributed by atoms with E-state index in [0.717, 1.165) is 36.2 Å². The third kappa shape index (κ3) is 4.81. The zero-order valence-electron chi connectivity index (χ0n) is 15.3. The minimum absolute atomic E-state index is 0.162. The number of rotatable bonds is 5. The van der Waals surface area contributed by atoms with Gasteiger partial charge in [-0.1, -0.05) is 13.8 Å². The molecule has 0 aromatic carbocycles. The van der Waals surface area contributed by atoms with Crippen molar-refractivity contribution in [3.05, 3.63) is 0 Å². The molecule has 0 aromatic rings. The zero-order valence-corrected chi connectivity index (χ0v) is 16.2. The first-order chi connectivity index (χ1) is 11.7. The lowest BCUT2D eigenvalue weighted by atomic mass is 9.87. The van der Waals surface area contributed by atoms with Gasteiger partial charge in [0.25, 0.3) is 10.0 Å². The Labute approximate surface area is 149 Å². The maximum Gasteiger partial charge on any atom is 0.350 e. The van der Waals surface area contributed by atoms with Gasteiger partial charge in [0.2, 0.25) is 0 Å². The molecule has 0 aromatic heterocycles. The summed E-state index contributed by atoms with van der Waals surface area (Å²) in [6.45, 7) is 7.47. The molecule has 2 saturated heterocycles. The number of piperidine rings is 1. The van der Waals surface area contributed by atoms with Crippen molar-refractivity contribution in [3.8, 4) is 0 Å². The van der Waals surface area contributed by atoms with Crippen LogP contribution in [0.1, 0.15) is 39.5 Å². The Bertz CT molecular complexity index is 577. The molecule has 146 valence electrons. The SMILES string of the molecule is CCC1(C)CCN(C(=NC)NCC2CCN(S(=O)(=O)C(F)F)CC2)C1. The highest BCUT2D eigenvalue weighted by Crippen LogP contribution is 2.33. The van der Waals surface area contributed by atoms with Gasteiger partial charge in [-0.15, -0.1) is 0 Å². The maximum atomic E-state index is 12.6. The number of guanidine groups is 1. The largest absolute Gasteiger partial charge is 0.356 e. The lowest BCUT2D eigenvalue weighted by molar-refractivity contribution is 0.203. The van der Waals surface area contributed by atoms with E-state index < -0.39 is 15.8 Å². The highest BCUT2D eigenvalue weighted by atomic mass is 32.2. The van der Waals surface area contributed by atoms with Crippen LogP contribution < -0.4 is 5.32 Å². The Morgan fingerprint density at radius 1 is 1.32 bits per heavy atom. The molecule has 0 saturated carbocycles. The van der Waals surface area contributed by atoms with Crippen LogP contribution in [0.3, 0.4) is 0 Å². The highest BCUT2D eigenvalue weighted by molar-refractivity contribution is 7.89. The smallest absolute Gasteiger partial charge is 0.350 e. The van der Waals surface area contributed by atoms with Gasteiger partial charge in [0.15, 0.2) is 5.96 Å². The summed E-state index contributed by atoms with van der Waals surface area (Å²) < 4.78 is 49.1. The van der Waals surface area contributed by atoms with E-state index in [9.17, 15) is 17.2 Å². The topological polar surface area (TPSA) is 65.0 Å². The Morgan fingerprint density at radius 3 is 2.44 bits per heavy atom. The number of likely N-dealkylation sites (tertiary alicyclic amines) is 1. The van der Waals surface area contributed by atoms with Crippen molar-refractivity contribution in [1.82, 2.24) is 14.5 Å². The van der Waals surface area contributed by atoms with Crippen LogP contribution in [0.2, 0.25) is 0 Å². The Morgan fingerprint density at radius 2 is 1.96 bits per heavy atom. The molecule has 2 heterocycles. The third-order valence-electron chi connectivity index (χ3n) is 5.63. The molecular formula is C16H30F2N4O2S. The lowest BCUT2D eigenvalue weighted by Gasteiger charge is -2.32. The van der Waals surface area contributed by atoms with E-state index in [1.807, 2.05) is 0 Å². The van der Waals surface area contributed by atoms with Gasteiger partial charge < -0.3 is 10.2 Å². The van der Waals surface area contributed by atoms with E-state index in [0.29, 0.717) is 24.8 Å². The van der Waals surface area contributed by atoms with Crippen molar-refractivity contribution in [2.75, 3.05) is 39.8 Å². The first-order valence-electron chi connectivity index (χ1n) is 8.94. The number of halogens is 2. The first kappa shape index (κ1) is 20.4. The molecule has 0 bridgehead atoms. The van der Waals surface area contributed by atoms with E-state index in [2.05, 4.69) is 29.1 Å². The van der Waals surface area contributed by atoms with E-state index >= 15 is 0 Å². The first-order valence-corrected chi connectivity index (χ1v) is 10.4. The molecule has 1 unspecified atom stereocenters. The minimum Gasteiger partial charge on any atom is -0.356 e. The Kier molecular flexibility index (Phi) is 6.64. The van der Waals surface area contributed by atoms with Crippen LogP contribution in [0.25, 0.3) is 0 Å². The molecule has 0 aliphatic carbocycles. The van der Waals surface area contributed by atoms with Crippen LogP contribution >= 0.6 is 0 Å². The van der Waals surface area contributed by atoms with Crippen molar-refractivity contribution >= 4 is 16.0 Å². The molecule has 6 nitrogen and oxygen atoms in total. The Hall–Kier alpha value is -0.960. The van der Waals surface area contributed by atoms with Crippen LogP contribution in [0, 0.1) is 11.3 Å². The van der Waals surface area contributed by atoms with Crippen LogP contribution in [0.15, 0.2) is 4.99 Å². The zero-order chi connectivity index (χ0) is 18.7. The summed E-state index contributed by atoms with van der Waals surface area (Å²) in [5.41, 5.74) is 0.326. The molecule has 2 aliphatic rings. The fourth-order valence-electron chi connectivity index (χ4n) is 3.54. The van der Waals surface area contributed by atoms with Gasteiger partial charge in [-0.25, -0.2) is 8.42 Å². The molecule has 0 amide bonds. The molecule has 2 rings (SSSR count). The van der Waals surface area contributed by atoms with Crippen molar-refractivity contribution in [2.24, 2.45) is 16.3 Å². The van der Waals surface area contributed by atoms with Crippen molar-refractivity contribution in [3.63, 3.8) is 0 Å².